The number of benzene rings is 2. The van der Waals surface area contributed by atoms with Crippen LogP contribution in [0, 0.1) is 5.41 Å². The Morgan fingerprint density at radius 1 is 1.23 bits per heavy atom. The Morgan fingerprint density at radius 2 is 2.00 bits per heavy atom. The van der Waals surface area contributed by atoms with Crippen molar-refractivity contribution in [2.45, 2.75) is 49.5 Å². The zero-order valence-electron chi connectivity index (χ0n) is 16.0. The third kappa shape index (κ3) is 4.24. The molecule has 2 aromatic carbocycles. The lowest BCUT2D eigenvalue weighted by molar-refractivity contribution is 0.278. The Hall–Kier alpha value is -1.10. The van der Waals surface area contributed by atoms with Crippen LogP contribution in [0.2, 0.25) is 0 Å². The molecule has 1 N–H and O–H groups in total. The van der Waals surface area contributed by atoms with Crippen LogP contribution in [-0.4, -0.2) is 23.7 Å². The molecule has 0 aromatic heterocycles. The molecule has 0 bridgehead atoms. The molecule has 0 saturated heterocycles. The summed E-state index contributed by atoms with van der Waals surface area (Å²) in [5.41, 5.74) is 3.84. The van der Waals surface area contributed by atoms with E-state index in [0.717, 1.165) is 17.9 Å². The number of para-hydroxylation sites is 1. The molecule has 0 aliphatic carbocycles. The third-order valence-corrected chi connectivity index (χ3v) is 7.44. The topological polar surface area (TPSA) is 23.5 Å². The largest absolute Gasteiger partial charge is 0.392 e. The SMILES string of the molecule is CCCCC1(C)CSc2cc(CO)c(SC)cc2N(c2ccccc2)C1. The van der Waals surface area contributed by atoms with E-state index in [1.165, 1.54) is 40.4 Å². The molecule has 0 saturated carbocycles. The fourth-order valence-electron chi connectivity index (χ4n) is 3.59. The molecule has 4 heteroatoms. The summed E-state index contributed by atoms with van der Waals surface area (Å²) in [4.78, 5) is 4.95. The van der Waals surface area contributed by atoms with Gasteiger partial charge in [0.1, 0.15) is 0 Å². The van der Waals surface area contributed by atoms with Gasteiger partial charge in [0.2, 0.25) is 0 Å². The maximum absolute atomic E-state index is 9.79. The van der Waals surface area contributed by atoms with Crippen molar-refractivity contribution < 1.29 is 5.11 Å². The molecular formula is C22H29NOS2. The van der Waals surface area contributed by atoms with Crippen LogP contribution in [-0.2, 0) is 6.61 Å². The summed E-state index contributed by atoms with van der Waals surface area (Å²) in [5, 5.41) is 9.79. The number of hydrogen-bond acceptors (Lipinski definition) is 4. The number of aliphatic hydroxyl groups is 1. The number of anilines is 2. The Morgan fingerprint density at radius 3 is 2.65 bits per heavy atom. The van der Waals surface area contributed by atoms with Gasteiger partial charge in [-0.25, -0.2) is 0 Å². The predicted octanol–water partition coefficient (Wildman–Crippen LogP) is 6.34. The smallest absolute Gasteiger partial charge is 0.0693 e. The van der Waals surface area contributed by atoms with E-state index < -0.39 is 0 Å². The second kappa shape index (κ2) is 8.73. The highest BCUT2D eigenvalue weighted by atomic mass is 32.2. The minimum absolute atomic E-state index is 0.0997. The van der Waals surface area contributed by atoms with E-state index in [1.807, 2.05) is 11.8 Å². The molecular weight excluding hydrogens is 358 g/mol. The quantitative estimate of drug-likeness (QED) is 0.584. The average Bonchev–Trinajstić information content (AvgIpc) is 2.83. The fourth-order valence-corrected chi connectivity index (χ4v) is 5.49. The van der Waals surface area contributed by atoms with Crippen molar-refractivity contribution in [2.75, 3.05) is 23.5 Å². The van der Waals surface area contributed by atoms with Crippen molar-refractivity contribution in [1.29, 1.82) is 0 Å². The standard InChI is InChI=1S/C22H29NOS2/c1-4-5-11-22(2)15-23(18-9-7-6-8-10-18)19-13-20(25-3)17(14-24)12-21(19)26-16-22/h6-10,12-13,24H,4-5,11,14-16H2,1-3H3. The van der Waals surface area contributed by atoms with E-state index >= 15 is 0 Å². The van der Waals surface area contributed by atoms with E-state index in [2.05, 4.69) is 67.5 Å². The van der Waals surface area contributed by atoms with Gasteiger partial charge in [-0.2, -0.15) is 0 Å². The second-order valence-corrected chi connectivity index (χ2v) is 9.28. The molecule has 1 aliphatic heterocycles. The fraction of sp³-hybridized carbons (Fsp3) is 0.455. The number of unbranched alkanes of at least 4 members (excludes halogenated alkanes) is 1. The van der Waals surface area contributed by atoms with E-state index in [0.29, 0.717) is 0 Å². The van der Waals surface area contributed by atoms with Crippen LogP contribution in [0.5, 0.6) is 0 Å². The molecule has 1 atom stereocenters. The minimum Gasteiger partial charge on any atom is -0.392 e. The lowest BCUT2D eigenvalue weighted by atomic mass is 9.86. The Labute approximate surface area is 166 Å². The normalized spacial score (nSPS) is 19.9. The number of aliphatic hydroxyl groups excluding tert-OH is 1. The van der Waals surface area contributed by atoms with Crippen molar-refractivity contribution >= 4 is 34.9 Å². The molecule has 1 aliphatic rings. The summed E-state index contributed by atoms with van der Waals surface area (Å²) in [6, 6.07) is 15.2. The first kappa shape index (κ1) is 19.7. The van der Waals surface area contributed by atoms with Crippen molar-refractivity contribution in [2.24, 2.45) is 5.41 Å². The first-order chi connectivity index (χ1) is 12.6. The third-order valence-electron chi connectivity index (χ3n) is 5.14. The lowest BCUT2D eigenvalue weighted by Gasteiger charge is -2.34. The molecule has 26 heavy (non-hydrogen) atoms. The summed E-state index contributed by atoms with van der Waals surface area (Å²) in [7, 11) is 0. The van der Waals surface area contributed by atoms with Crippen LogP contribution in [0.15, 0.2) is 52.3 Å². The van der Waals surface area contributed by atoms with E-state index in [1.54, 1.807) is 11.8 Å². The van der Waals surface area contributed by atoms with Gasteiger partial charge in [-0.3, -0.25) is 0 Å². The van der Waals surface area contributed by atoms with Crippen LogP contribution in [0.1, 0.15) is 38.7 Å². The maximum Gasteiger partial charge on any atom is 0.0693 e. The van der Waals surface area contributed by atoms with Gasteiger partial charge in [-0.1, -0.05) is 44.9 Å². The van der Waals surface area contributed by atoms with Crippen LogP contribution in [0.3, 0.4) is 0 Å². The van der Waals surface area contributed by atoms with Gasteiger partial charge in [0, 0.05) is 27.8 Å². The van der Waals surface area contributed by atoms with Crippen LogP contribution >= 0.6 is 23.5 Å². The molecule has 3 rings (SSSR count). The summed E-state index contributed by atoms with van der Waals surface area (Å²) < 4.78 is 0. The molecule has 2 aromatic rings. The molecule has 0 fully saturated rings. The van der Waals surface area contributed by atoms with Gasteiger partial charge in [0.15, 0.2) is 0 Å². The van der Waals surface area contributed by atoms with Gasteiger partial charge in [0.25, 0.3) is 0 Å². The van der Waals surface area contributed by atoms with Gasteiger partial charge in [-0.15, -0.1) is 23.5 Å². The van der Waals surface area contributed by atoms with Crippen LogP contribution < -0.4 is 4.90 Å². The lowest BCUT2D eigenvalue weighted by Crippen LogP contribution is -2.33. The average molecular weight is 388 g/mol. The highest BCUT2D eigenvalue weighted by molar-refractivity contribution is 7.99. The van der Waals surface area contributed by atoms with Gasteiger partial charge < -0.3 is 10.0 Å². The molecule has 2 nitrogen and oxygen atoms in total. The van der Waals surface area contributed by atoms with Gasteiger partial charge >= 0.3 is 0 Å². The molecule has 0 amide bonds. The maximum atomic E-state index is 9.79. The van der Waals surface area contributed by atoms with Crippen LogP contribution in [0.4, 0.5) is 11.4 Å². The van der Waals surface area contributed by atoms with Gasteiger partial charge in [-0.05, 0) is 47.9 Å². The van der Waals surface area contributed by atoms with E-state index in [-0.39, 0.29) is 12.0 Å². The van der Waals surface area contributed by atoms with Crippen molar-refractivity contribution in [3.05, 3.63) is 48.0 Å². The highest BCUT2D eigenvalue weighted by Gasteiger charge is 2.32. The molecule has 1 unspecified atom stereocenters. The second-order valence-electron chi connectivity index (χ2n) is 7.41. The Balaban J connectivity index is 2.08. The molecule has 0 radical (unpaired) electrons. The summed E-state index contributed by atoms with van der Waals surface area (Å²) in [6.07, 6.45) is 5.84. The zero-order valence-corrected chi connectivity index (χ0v) is 17.6. The van der Waals surface area contributed by atoms with E-state index in [4.69, 9.17) is 0 Å². The van der Waals surface area contributed by atoms with Crippen molar-refractivity contribution in [3.8, 4) is 0 Å². The highest BCUT2D eigenvalue weighted by Crippen LogP contribution is 2.46. The first-order valence-electron chi connectivity index (χ1n) is 9.37. The predicted molar refractivity (Wildman–Crippen MR) is 116 cm³/mol. The van der Waals surface area contributed by atoms with Gasteiger partial charge in [0.05, 0.1) is 12.3 Å². The van der Waals surface area contributed by atoms with Crippen molar-refractivity contribution in [1.82, 2.24) is 0 Å². The number of fused-ring (bicyclic) bond motifs is 1. The minimum atomic E-state index is 0.0997. The summed E-state index contributed by atoms with van der Waals surface area (Å²) in [6.45, 7) is 5.83. The monoisotopic (exact) mass is 387 g/mol. The Bertz CT molecular complexity index is 734. The van der Waals surface area contributed by atoms with Crippen LogP contribution in [0.25, 0.3) is 0 Å². The molecule has 140 valence electrons. The molecule has 1 heterocycles. The van der Waals surface area contributed by atoms with E-state index in [9.17, 15) is 5.11 Å². The first-order valence-corrected chi connectivity index (χ1v) is 11.6. The number of nitrogens with zero attached hydrogens (tertiary/aromatic N) is 1. The number of rotatable bonds is 6. The summed E-state index contributed by atoms with van der Waals surface area (Å²) in [5.74, 6) is 1.12. The van der Waals surface area contributed by atoms with Crippen molar-refractivity contribution in [3.63, 3.8) is 0 Å². The Kier molecular flexibility index (Phi) is 6.60. The number of hydrogen-bond donors (Lipinski definition) is 1. The summed E-state index contributed by atoms with van der Waals surface area (Å²) >= 11 is 3.67. The molecule has 0 spiro atoms. The number of thioether (sulfide) groups is 2. The zero-order chi connectivity index (χ0) is 18.6.